The van der Waals surface area contributed by atoms with Gasteiger partial charge in [0.1, 0.15) is 6.10 Å². The van der Waals surface area contributed by atoms with Gasteiger partial charge >= 0.3 is 0 Å². The van der Waals surface area contributed by atoms with Crippen LogP contribution in [0.2, 0.25) is 0 Å². The van der Waals surface area contributed by atoms with Gasteiger partial charge in [-0.05, 0) is 5.92 Å². The summed E-state index contributed by atoms with van der Waals surface area (Å²) in [6, 6.07) is 0. The highest BCUT2D eigenvalue weighted by atomic mass is 16.5. The van der Waals surface area contributed by atoms with Gasteiger partial charge in [0.25, 0.3) is 0 Å². The van der Waals surface area contributed by atoms with Crippen molar-refractivity contribution >= 4 is 0 Å². The lowest BCUT2D eigenvalue weighted by Gasteiger charge is -2.09. The van der Waals surface area contributed by atoms with E-state index in [1.807, 2.05) is 13.8 Å². The van der Waals surface area contributed by atoms with Crippen LogP contribution in [-0.4, -0.2) is 36.1 Å². The van der Waals surface area contributed by atoms with Crippen molar-refractivity contribution in [3.63, 3.8) is 0 Å². The maximum Gasteiger partial charge on any atom is 0.100 e. The first kappa shape index (κ1) is 9.88. The second-order valence-corrected chi connectivity index (χ2v) is 2.56. The minimum Gasteiger partial charge on any atom is -0.394 e. The predicted octanol–water partition coefficient (Wildman–Crippen LogP) is -0.0295. The van der Waals surface area contributed by atoms with E-state index < -0.39 is 6.10 Å². The Morgan fingerprint density at radius 3 is 2.50 bits per heavy atom. The molecule has 0 heterocycles. The second kappa shape index (κ2) is 5.65. The van der Waals surface area contributed by atoms with Crippen LogP contribution in [0.5, 0.6) is 0 Å². The molecule has 0 aliphatic heterocycles. The zero-order chi connectivity index (χ0) is 7.98. The summed E-state index contributed by atoms with van der Waals surface area (Å²) in [7, 11) is 0. The molecule has 10 heavy (non-hydrogen) atoms. The van der Waals surface area contributed by atoms with Gasteiger partial charge < -0.3 is 14.9 Å². The number of ether oxygens (including phenoxy) is 1. The van der Waals surface area contributed by atoms with Gasteiger partial charge in [0.15, 0.2) is 0 Å². The Morgan fingerprint density at radius 2 is 2.10 bits per heavy atom. The fourth-order valence-electron chi connectivity index (χ4n) is 0.452. The molecule has 0 spiro atoms. The van der Waals surface area contributed by atoms with Gasteiger partial charge in [-0.1, -0.05) is 13.8 Å². The molecule has 0 aromatic heterocycles. The minimum absolute atomic E-state index is 0.210. The van der Waals surface area contributed by atoms with E-state index >= 15 is 0 Å². The van der Waals surface area contributed by atoms with E-state index in [9.17, 15) is 0 Å². The van der Waals surface area contributed by atoms with Crippen molar-refractivity contribution in [3.8, 4) is 0 Å². The number of aliphatic hydroxyl groups excluding tert-OH is 2. The van der Waals surface area contributed by atoms with Crippen molar-refractivity contribution in [2.45, 2.75) is 20.0 Å². The van der Waals surface area contributed by atoms with Gasteiger partial charge in [-0.2, -0.15) is 0 Å². The third-order valence-electron chi connectivity index (χ3n) is 0.912. The van der Waals surface area contributed by atoms with E-state index in [0.29, 0.717) is 6.61 Å². The molecule has 0 aromatic carbocycles. The fraction of sp³-hybridized carbons (Fsp3) is 0.857. The summed E-state index contributed by atoms with van der Waals surface area (Å²) < 4.78 is 5.00. The smallest absolute Gasteiger partial charge is 0.100 e. The zero-order valence-corrected chi connectivity index (χ0v) is 6.50. The van der Waals surface area contributed by atoms with Gasteiger partial charge in [0, 0.05) is 0 Å². The van der Waals surface area contributed by atoms with Crippen molar-refractivity contribution in [1.82, 2.24) is 0 Å². The van der Waals surface area contributed by atoms with Crippen LogP contribution in [0, 0.1) is 5.92 Å². The van der Waals surface area contributed by atoms with Crippen molar-refractivity contribution in [2.75, 3.05) is 19.8 Å². The standard InChI is InChI=1S/C7H15O3/c1-6(2)4-10-5-7(9)3-8/h7-9H,3-5H2,1-2H3. The van der Waals surface area contributed by atoms with E-state index in [2.05, 4.69) is 0 Å². The molecule has 0 rings (SSSR count). The molecule has 0 aliphatic rings. The van der Waals surface area contributed by atoms with E-state index in [1.165, 1.54) is 0 Å². The number of hydrogen-bond acceptors (Lipinski definition) is 3. The summed E-state index contributed by atoms with van der Waals surface area (Å²) in [6.45, 7) is 4.43. The van der Waals surface area contributed by atoms with Crippen LogP contribution in [-0.2, 0) is 4.74 Å². The molecule has 3 heteroatoms. The van der Waals surface area contributed by atoms with E-state index in [4.69, 9.17) is 14.9 Å². The molecular weight excluding hydrogens is 132 g/mol. The highest BCUT2D eigenvalue weighted by Gasteiger charge is 2.01. The summed E-state index contributed by atoms with van der Waals surface area (Å²) in [4.78, 5) is 0. The molecular formula is C7H15O3. The normalized spacial score (nSPS) is 14.1. The van der Waals surface area contributed by atoms with E-state index in [-0.39, 0.29) is 13.2 Å². The molecule has 0 saturated heterocycles. The van der Waals surface area contributed by atoms with Crippen LogP contribution in [0.3, 0.4) is 0 Å². The van der Waals surface area contributed by atoms with Crippen molar-refractivity contribution in [2.24, 2.45) is 0 Å². The number of aliphatic hydroxyl groups is 2. The van der Waals surface area contributed by atoms with Gasteiger partial charge in [-0.3, -0.25) is 0 Å². The van der Waals surface area contributed by atoms with Crippen LogP contribution in [0.1, 0.15) is 13.8 Å². The van der Waals surface area contributed by atoms with Crippen molar-refractivity contribution in [1.29, 1.82) is 0 Å². The molecule has 3 nitrogen and oxygen atoms in total. The molecule has 1 atom stereocenters. The summed E-state index contributed by atoms with van der Waals surface area (Å²) in [6.07, 6.45) is -0.737. The molecule has 0 fully saturated rings. The monoisotopic (exact) mass is 147 g/mol. The van der Waals surface area contributed by atoms with E-state index in [0.717, 1.165) is 5.92 Å². The average Bonchev–Trinajstić information content (AvgIpc) is 1.87. The first-order valence-corrected chi connectivity index (χ1v) is 3.32. The second-order valence-electron chi connectivity index (χ2n) is 2.56. The molecule has 0 bridgehead atoms. The lowest BCUT2D eigenvalue weighted by atomic mass is 10.2. The Kier molecular flexibility index (Phi) is 5.58. The topological polar surface area (TPSA) is 49.7 Å². The minimum atomic E-state index is -0.737. The Labute approximate surface area is 61.6 Å². The van der Waals surface area contributed by atoms with Crippen LogP contribution in [0.4, 0.5) is 0 Å². The molecule has 0 amide bonds. The molecule has 2 N–H and O–H groups in total. The predicted molar refractivity (Wildman–Crippen MR) is 38.5 cm³/mol. The van der Waals surface area contributed by atoms with Crippen LogP contribution in [0.15, 0.2) is 0 Å². The third-order valence-corrected chi connectivity index (χ3v) is 0.912. The SMILES string of the molecule is C[C](C)COCC(O)CO. The summed E-state index contributed by atoms with van der Waals surface area (Å²) in [5.74, 6) is 1.16. The largest absolute Gasteiger partial charge is 0.394 e. The molecule has 1 radical (unpaired) electrons. The molecule has 61 valence electrons. The van der Waals surface area contributed by atoms with Crippen LogP contribution < -0.4 is 0 Å². The number of hydrogen-bond donors (Lipinski definition) is 2. The maximum absolute atomic E-state index is 8.79. The Bertz CT molecular complexity index is 73.3. The van der Waals surface area contributed by atoms with Gasteiger partial charge in [-0.15, -0.1) is 0 Å². The van der Waals surface area contributed by atoms with Crippen molar-refractivity contribution < 1.29 is 14.9 Å². The van der Waals surface area contributed by atoms with Gasteiger partial charge in [0.05, 0.1) is 19.8 Å². The molecule has 0 saturated carbocycles. The molecule has 0 aliphatic carbocycles. The van der Waals surface area contributed by atoms with Crippen LogP contribution in [0.25, 0.3) is 0 Å². The summed E-state index contributed by atoms with van der Waals surface area (Å²) in [5, 5.41) is 17.1. The maximum atomic E-state index is 8.79. The average molecular weight is 147 g/mol. The summed E-state index contributed by atoms with van der Waals surface area (Å²) in [5.41, 5.74) is 0. The highest BCUT2D eigenvalue weighted by Crippen LogP contribution is 1.95. The Morgan fingerprint density at radius 1 is 1.50 bits per heavy atom. The first-order chi connectivity index (χ1) is 4.66. The quantitative estimate of drug-likeness (QED) is 0.574. The zero-order valence-electron chi connectivity index (χ0n) is 6.50. The Hall–Kier alpha value is -0.120. The Balaban J connectivity index is 3.03. The molecule has 0 aromatic rings. The summed E-state index contributed by atoms with van der Waals surface area (Å²) >= 11 is 0. The highest BCUT2D eigenvalue weighted by molar-refractivity contribution is 4.75. The third kappa shape index (κ3) is 6.01. The van der Waals surface area contributed by atoms with Gasteiger partial charge in [-0.25, -0.2) is 0 Å². The first-order valence-electron chi connectivity index (χ1n) is 3.32. The lowest BCUT2D eigenvalue weighted by molar-refractivity contribution is 0.00989. The molecule has 1 unspecified atom stereocenters. The van der Waals surface area contributed by atoms with Crippen molar-refractivity contribution in [3.05, 3.63) is 5.92 Å². The lowest BCUT2D eigenvalue weighted by Crippen LogP contribution is -2.20. The van der Waals surface area contributed by atoms with Gasteiger partial charge in [0.2, 0.25) is 0 Å². The fourth-order valence-corrected chi connectivity index (χ4v) is 0.452. The van der Waals surface area contributed by atoms with E-state index in [1.54, 1.807) is 0 Å². The number of rotatable bonds is 5. The van der Waals surface area contributed by atoms with Crippen LogP contribution >= 0.6 is 0 Å².